The number of carbonyl (C=O) groups is 1. The van der Waals surface area contributed by atoms with E-state index in [9.17, 15) is 4.79 Å². The second-order valence-electron chi connectivity index (χ2n) is 5.17. The molecule has 1 rings (SSSR count). The Bertz CT molecular complexity index is 300. The first kappa shape index (κ1) is 13.4. The second-order valence-corrected chi connectivity index (χ2v) is 6.14. The van der Waals surface area contributed by atoms with Crippen LogP contribution in [0.25, 0.3) is 0 Å². The lowest BCUT2D eigenvalue weighted by atomic mass is 9.97. The van der Waals surface area contributed by atoms with Crippen molar-refractivity contribution in [2.45, 2.75) is 26.8 Å². The van der Waals surface area contributed by atoms with Gasteiger partial charge >= 0.3 is 0 Å². The standard InChI is InChI=1S/C11H21N3OS/c1-8(9(15)14(4)5)13-10-12-6-11(2,3)7-16-10/h8H,6-7H2,1-5H3,(H,12,13). The highest BCUT2D eigenvalue weighted by molar-refractivity contribution is 8.13. The lowest BCUT2D eigenvalue weighted by molar-refractivity contribution is -0.130. The van der Waals surface area contributed by atoms with Crippen LogP contribution < -0.4 is 5.32 Å². The fourth-order valence-corrected chi connectivity index (χ4v) is 2.40. The summed E-state index contributed by atoms with van der Waals surface area (Å²) in [6.07, 6.45) is 0. The summed E-state index contributed by atoms with van der Waals surface area (Å²) in [7, 11) is 3.53. The number of nitrogens with one attached hydrogen (secondary N) is 1. The summed E-state index contributed by atoms with van der Waals surface area (Å²) < 4.78 is 0. The Morgan fingerprint density at radius 2 is 2.19 bits per heavy atom. The number of rotatable bonds is 2. The fourth-order valence-electron chi connectivity index (χ4n) is 1.36. The fraction of sp³-hybridized carbons (Fsp3) is 0.818. The maximum absolute atomic E-state index is 11.6. The predicted molar refractivity (Wildman–Crippen MR) is 69.8 cm³/mol. The molecule has 1 unspecified atom stereocenters. The SMILES string of the molecule is CC(NC1=NCC(C)(C)CS1)C(=O)N(C)C. The Balaban J connectivity index is 2.50. The Morgan fingerprint density at radius 3 is 2.62 bits per heavy atom. The third-order valence-electron chi connectivity index (χ3n) is 2.40. The number of aliphatic imine (C=N–C) groups is 1. The molecule has 0 radical (unpaired) electrons. The molecule has 5 heteroatoms. The van der Waals surface area contributed by atoms with Crippen molar-refractivity contribution >= 4 is 22.8 Å². The molecule has 0 bridgehead atoms. The van der Waals surface area contributed by atoms with Gasteiger partial charge in [-0.25, -0.2) is 0 Å². The van der Waals surface area contributed by atoms with E-state index in [1.54, 1.807) is 30.8 Å². The largest absolute Gasteiger partial charge is 0.353 e. The highest BCUT2D eigenvalue weighted by Crippen LogP contribution is 2.27. The van der Waals surface area contributed by atoms with Crippen molar-refractivity contribution in [1.29, 1.82) is 0 Å². The number of hydrogen-bond acceptors (Lipinski definition) is 4. The number of nitrogens with zero attached hydrogens (tertiary/aromatic N) is 2. The molecule has 1 aliphatic heterocycles. The molecule has 0 aromatic carbocycles. The smallest absolute Gasteiger partial charge is 0.244 e. The minimum Gasteiger partial charge on any atom is -0.353 e. The molecule has 0 aromatic rings. The normalized spacial score (nSPS) is 20.9. The highest BCUT2D eigenvalue weighted by Gasteiger charge is 2.25. The first-order chi connectivity index (χ1) is 7.32. The molecule has 0 aromatic heterocycles. The monoisotopic (exact) mass is 243 g/mol. The molecule has 0 fully saturated rings. The lowest BCUT2D eigenvalue weighted by Crippen LogP contribution is -2.44. The quantitative estimate of drug-likeness (QED) is 0.792. The summed E-state index contributed by atoms with van der Waals surface area (Å²) in [5, 5.41) is 4.05. The lowest BCUT2D eigenvalue weighted by Gasteiger charge is -2.28. The average Bonchev–Trinajstić information content (AvgIpc) is 2.19. The number of carbonyl (C=O) groups excluding carboxylic acids is 1. The van der Waals surface area contributed by atoms with E-state index in [0.717, 1.165) is 17.5 Å². The van der Waals surface area contributed by atoms with Gasteiger partial charge in [0.15, 0.2) is 5.17 Å². The minimum atomic E-state index is -0.206. The van der Waals surface area contributed by atoms with E-state index in [0.29, 0.717) is 0 Å². The van der Waals surface area contributed by atoms with Gasteiger partial charge in [-0.3, -0.25) is 9.79 Å². The number of thioether (sulfide) groups is 1. The first-order valence-corrected chi connectivity index (χ1v) is 6.45. The highest BCUT2D eigenvalue weighted by atomic mass is 32.2. The van der Waals surface area contributed by atoms with E-state index in [2.05, 4.69) is 24.2 Å². The van der Waals surface area contributed by atoms with Crippen LogP contribution in [0.5, 0.6) is 0 Å². The van der Waals surface area contributed by atoms with Gasteiger partial charge in [-0.05, 0) is 12.3 Å². The summed E-state index contributed by atoms with van der Waals surface area (Å²) >= 11 is 1.70. The van der Waals surface area contributed by atoms with Gasteiger partial charge in [0.1, 0.15) is 6.04 Å². The first-order valence-electron chi connectivity index (χ1n) is 5.47. The van der Waals surface area contributed by atoms with Gasteiger partial charge in [-0.1, -0.05) is 25.6 Å². The summed E-state index contributed by atoms with van der Waals surface area (Å²) in [5.41, 5.74) is 0.268. The zero-order chi connectivity index (χ0) is 12.3. The summed E-state index contributed by atoms with van der Waals surface area (Å²) in [4.78, 5) is 17.7. The third kappa shape index (κ3) is 3.70. The van der Waals surface area contributed by atoms with E-state index in [4.69, 9.17) is 0 Å². The molecule has 1 amide bonds. The Labute approximate surface area is 102 Å². The molecule has 1 atom stereocenters. The van der Waals surface area contributed by atoms with Crippen molar-refractivity contribution in [3.8, 4) is 0 Å². The average molecular weight is 243 g/mol. The molecular weight excluding hydrogens is 222 g/mol. The molecule has 0 aliphatic carbocycles. The van der Waals surface area contributed by atoms with Gasteiger partial charge in [0, 0.05) is 26.4 Å². The van der Waals surface area contributed by atoms with Gasteiger partial charge in [-0.2, -0.15) is 0 Å². The van der Waals surface area contributed by atoms with Crippen LogP contribution in [0.1, 0.15) is 20.8 Å². The molecule has 92 valence electrons. The van der Waals surface area contributed by atoms with E-state index < -0.39 is 0 Å². The molecule has 1 N–H and O–H groups in total. The van der Waals surface area contributed by atoms with E-state index in [-0.39, 0.29) is 17.4 Å². The van der Waals surface area contributed by atoms with Crippen LogP contribution in [-0.4, -0.2) is 48.4 Å². The minimum absolute atomic E-state index is 0.0770. The molecule has 16 heavy (non-hydrogen) atoms. The summed E-state index contributed by atoms with van der Waals surface area (Å²) in [5.74, 6) is 1.12. The number of amidine groups is 1. The van der Waals surface area contributed by atoms with Crippen molar-refractivity contribution in [3.63, 3.8) is 0 Å². The maximum atomic E-state index is 11.6. The second kappa shape index (κ2) is 5.08. The number of amides is 1. The Morgan fingerprint density at radius 1 is 1.56 bits per heavy atom. The zero-order valence-electron chi connectivity index (χ0n) is 10.7. The maximum Gasteiger partial charge on any atom is 0.244 e. The number of likely N-dealkylation sites (N-methyl/N-ethyl adjacent to an activating group) is 1. The number of hydrogen-bond donors (Lipinski definition) is 1. The van der Waals surface area contributed by atoms with Crippen molar-refractivity contribution in [1.82, 2.24) is 10.2 Å². The van der Waals surface area contributed by atoms with Crippen LogP contribution in [0.15, 0.2) is 4.99 Å². The van der Waals surface area contributed by atoms with Gasteiger partial charge in [0.2, 0.25) is 5.91 Å². The van der Waals surface area contributed by atoms with E-state index in [1.807, 2.05) is 6.92 Å². The Hall–Kier alpha value is -0.710. The van der Waals surface area contributed by atoms with Gasteiger partial charge < -0.3 is 10.2 Å². The summed E-state index contributed by atoms with van der Waals surface area (Å²) in [6.45, 7) is 7.10. The molecule has 4 nitrogen and oxygen atoms in total. The van der Waals surface area contributed by atoms with Crippen LogP contribution in [0, 0.1) is 5.41 Å². The van der Waals surface area contributed by atoms with Gasteiger partial charge in [0.05, 0.1) is 0 Å². The van der Waals surface area contributed by atoms with E-state index >= 15 is 0 Å². The molecule has 1 aliphatic rings. The van der Waals surface area contributed by atoms with Gasteiger partial charge in [-0.15, -0.1) is 0 Å². The van der Waals surface area contributed by atoms with Crippen LogP contribution in [0.3, 0.4) is 0 Å². The van der Waals surface area contributed by atoms with Crippen LogP contribution in [0.4, 0.5) is 0 Å². The third-order valence-corrected chi connectivity index (χ3v) is 3.85. The van der Waals surface area contributed by atoms with Crippen molar-refractivity contribution in [3.05, 3.63) is 0 Å². The van der Waals surface area contributed by atoms with Crippen molar-refractivity contribution in [2.75, 3.05) is 26.4 Å². The zero-order valence-corrected chi connectivity index (χ0v) is 11.5. The molecule has 0 saturated heterocycles. The van der Waals surface area contributed by atoms with Crippen LogP contribution in [0.2, 0.25) is 0 Å². The van der Waals surface area contributed by atoms with Crippen molar-refractivity contribution < 1.29 is 4.79 Å². The predicted octanol–water partition coefficient (Wildman–Crippen LogP) is 1.18. The van der Waals surface area contributed by atoms with E-state index in [1.165, 1.54) is 0 Å². The topological polar surface area (TPSA) is 44.7 Å². The molecule has 1 heterocycles. The molecule has 0 spiro atoms. The molecule has 0 saturated carbocycles. The van der Waals surface area contributed by atoms with Crippen LogP contribution >= 0.6 is 11.8 Å². The Kier molecular flexibility index (Phi) is 4.24. The van der Waals surface area contributed by atoms with Gasteiger partial charge in [0.25, 0.3) is 0 Å². The van der Waals surface area contributed by atoms with Crippen molar-refractivity contribution in [2.24, 2.45) is 10.4 Å². The van der Waals surface area contributed by atoms with Crippen LogP contribution in [-0.2, 0) is 4.79 Å². The summed E-state index contributed by atoms with van der Waals surface area (Å²) in [6, 6.07) is -0.206. The molecular formula is C11H21N3OS.